The molecule has 280 valence electrons. The summed E-state index contributed by atoms with van der Waals surface area (Å²) in [6.45, 7) is 1.68. The third-order valence-corrected chi connectivity index (χ3v) is 10.4. The average molecular weight is 884 g/mol. The number of aromatic nitrogens is 4. The minimum atomic E-state index is -4.94. The van der Waals surface area contributed by atoms with Gasteiger partial charge in [-0.05, 0) is 73.2 Å². The number of fused-ring (bicyclic) bond motifs is 1. The summed E-state index contributed by atoms with van der Waals surface area (Å²) in [4.78, 5) is 20.9. The van der Waals surface area contributed by atoms with Gasteiger partial charge in [-0.2, -0.15) is 19.4 Å². The normalized spacial score (nSPS) is 11.1. The number of pyridine rings is 1. The van der Waals surface area contributed by atoms with Gasteiger partial charge in [-0.3, -0.25) is 5.04 Å². The Labute approximate surface area is 423 Å². The van der Waals surface area contributed by atoms with Crippen molar-refractivity contribution in [2.45, 2.75) is 16.7 Å². The van der Waals surface area contributed by atoms with Crippen molar-refractivity contribution in [3.05, 3.63) is 120 Å². The van der Waals surface area contributed by atoms with Crippen molar-refractivity contribution in [2.75, 3.05) is 10.6 Å². The molecule has 0 unspecified atom stereocenters. The first-order chi connectivity index (χ1) is 27.0. The number of thiazole rings is 1. The molecular weight excluding hydrogens is 861 g/mol. The number of nitrogens with zero attached hydrogens (tertiary/aromatic N) is 7. The molecule has 0 bridgehead atoms. The van der Waals surface area contributed by atoms with E-state index in [1.165, 1.54) is 46.4 Å². The van der Waals surface area contributed by atoms with Crippen LogP contribution in [-0.4, -0.2) is 43.8 Å². The molecular formula is C36H23K2N9O8S3. The summed E-state index contributed by atoms with van der Waals surface area (Å²) in [5.41, 5.74) is 2.35. The van der Waals surface area contributed by atoms with Crippen molar-refractivity contribution >= 4 is 84.2 Å². The van der Waals surface area contributed by atoms with Gasteiger partial charge in [-0.25, -0.2) is 23.2 Å². The molecule has 17 nitrogen and oxygen atoms in total. The molecule has 0 amide bonds. The van der Waals surface area contributed by atoms with Gasteiger partial charge in [0.15, 0.2) is 11.6 Å². The minimum absolute atomic E-state index is 0. The number of aryl methyl sites for hydroxylation is 1. The van der Waals surface area contributed by atoms with Gasteiger partial charge in [0.2, 0.25) is 5.13 Å². The van der Waals surface area contributed by atoms with E-state index in [2.05, 4.69) is 41.3 Å². The molecule has 3 heterocycles. The second kappa shape index (κ2) is 20.3. The third-order valence-electron chi connectivity index (χ3n) is 7.94. The van der Waals surface area contributed by atoms with E-state index in [1.807, 2.05) is 24.3 Å². The molecule has 0 atom stereocenters. The number of hydrogen-bond acceptors (Lipinski definition) is 17. The maximum atomic E-state index is 12.2. The van der Waals surface area contributed by atoms with Crippen LogP contribution in [0.3, 0.4) is 0 Å². The van der Waals surface area contributed by atoms with E-state index in [4.69, 9.17) is 10.1 Å². The quantitative estimate of drug-likeness (QED) is 0.0370. The van der Waals surface area contributed by atoms with Gasteiger partial charge in [0.05, 0.1) is 38.4 Å². The average Bonchev–Trinajstić information content (AvgIpc) is 3.78. The van der Waals surface area contributed by atoms with Gasteiger partial charge in [-0.15, -0.1) is 10.2 Å². The van der Waals surface area contributed by atoms with E-state index in [-0.39, 0.29) is 148 Å². The number of carboxylic acids is 1. The zero-order valence-corrected chi connectivity index (χ0v) is 39.2. The van der Waals surface area contributed by atoms with Crippen molar-refractivity contribution in [3.63, 3.8) is 0 Å². The Kier molecular flexibility index (Phi) is 16.0. The Morgan fingerprint density at radius 3 is 2.41 bits per heavy atom. The molecule has 3 aromatic heterocycles. The molecule has 7 aromatic rings. The van der Waals surface area contributed by atoms with E-state index in [1.54, 1.807) is 49.4 Å². The van der Waals surface area contributed by atoms with Crippen LogP contribution in [0.15, 0.2) is 123 Å². The van der Waals surface area contributed by atoms with Crippen LogP contribution in [0.2, 0.25) is 0 Å². The second-order valence-electron chi connectivity index (χ2n) is 11.6. The molecule has 0 radical (unpaired) electrons. The number of carbonyl (C=O) groups is 1. The van der Waals surface area contributed by atoms with Crippen LogP contribution in [0.25, 0.3) is 26.6 Å². The van der Waals surface area contributed by atoms with Gasteiger partial charge in [0.1, 0.15) is 38.9 Å². The SMILES string of the molecule is Cc1cc(Nc2cccc(C(=O)O)c2)nc(Nc2ccccc2S(=O)(=O)[O-])c1N=Nc1c(C#N)c(-c2ccc(SOO[O-])cc2)nn1-c1nc2ccccc2s1.[K+].[K+]. The fraction of sp³-hybridized carbons (Fsp3) is 0.0278. The van der Waals surface area contributed by atoms with Crippen LogP contribution in [0.5, 0.6) is 0 Å². The predicted octanol–water partition coefficient (Wildman–Crippen LogP) is 1.47. The van der Waals surface area contributed by atoms with E-state index in [9.17, 15) is 33.4 Å². The molecule has 22 heteroatoms. The predicted molar refractivity (Wildman–Crippen MR) is 202 cm³/mol. The van der Waals surface area contributed by atoms with Crippen molar-refractivity contribution in [3.8, 4) is 22.5 Å². The molecule has 0 fully saturated rings. The molecule has 0 saturated heterocycles. The molecule has 0 aliphatic carbocycles. The van der Waals surface area contributed by atoms with Crippen LogP contribution < -0.4 is 119 Å². The molecule has 4 aromatic carbocycles. The van der Waals surface area contributed by atoms with Crippen molar-refractivity contribution < 1.29 is 140 Å². The summed E-state index contributed by atoms with van der Waals surface area (Å²) in [6.07, 6.45) is 0. The monoisotopic (exact) mass is 883 g/mol. The number of aromatic carboxylic acids is 1. The van der Waals surface area contributed by atoms with Crippen molar-refractivity contribution in [1.29, 1.82) is 5.26 Å². The van der Waals surface area contributed by atoms with Crippen LogP contribution in [0.4, 0.5) is 34.5 Å². The first-order valence-electron chi connectivity index (χ1n) is 16.0. The Balaban J connectivity index is 0.00000320. The smallest absolute Gasteiger partial charge is 0.744 e. The molecule has 58 heavy (non-hydrogen) atoms. The molecule has 3 N–H and O–H groups in total. The van der Waals surface area contributed by atoms with Gasteiger partial charge in [0.25, 0.3) is 0 Å². The standard InChI is InChI=1S/C36H25N9O8S3.2K/c1-20-17-30(38-23-8-6-7-22(18-23)35(46)47)41-33(39-27-10-3-5-12-29(27)56(49,50)51)31(20)42-43-34-25(19-37)32(21-13-15-24(16-14-21)55-53-52-48)44-45(34)36-40-26-9-2-4-11-28(26)54-36;;/h2-18,48H,1H3,(H,46,47)(H2,38,39,41)(H,49,50,51);;/q;2*+1/p-2. The Morgan fingerprint density at radius 2 is 1.71 bits per heavy atom. The summed E-state index contributed by atoms with van der Waals surface area (Å²) in [5, 5.41) is 53.9. The Hall–Kier alpha value is -3.30. The van der Waals surface area contributed by atoms with Crippen LogP contribution in [0, 0.1) is 18.3 Å². The zero-order valence-electron chi connectivity index (χ0n) is 30.5. The largest absolute Gasteiger partial charge is 1.00 e. The van der Waals surface area contributed by atoms with Gasteiger partial charge in [0, 0.05) is 16.1 Å². The van der Waals surface area contributed by atoms with Crippen LogP contribution in [0.1, 0.15) is 21.5 Å². The molecule has 7 rings (SSSR count). The first-order valence-corrected chi connectivity index (χ1v) is 19.0. The number of nitrogens with one attached hydrogen (secondary N) is 2. The van der Waals surface area contributed by atoms with E-state index < -0.39 is 21.0 Å². The summed E-state index contributed by atoms with van der Waals surface area (Å²) < 4.78 is 43.2. The van der Waals surface area contributed by atoms with Crippen molar-refractivity contribution in [1.82, 2.24) is 19.7 Å². The maximum Gasteiger partial charge on any atom is 1.00 e. The van der Waals surface area contributed by atoms with Gasteiger partial charge < -0.3 is 25.6 Å². The summed E-state index contributed by atoms with van der Waals surface area (Å²) in [6, 6.07) is 29.3. The number of nitriles is 1. The van der Waals surface area contributed by atoms with E-state index >= 15 is 0 Å². The fourth-order valence-corrected chi connectivity index (χ4v) is 7.35. The van der Waals surface area contributed by atoms with Gasteiger partial charge in [-0.1, -0.05) is 53.8 Å². The van der Waals surface area contributed by atoms with Crippen LogP contribution >= 0.6 is 23.4 Å². The number of rotatable bonds is 13. The summed E-state index contributed by atoms with van der Waals surface area (Å²) in [5.74, 6) is -0.956. The van der Waals surface area contributed by atoms with E-state index in [0.29, 0.717) is 44.4 Å². The first kappa shape index (κ1) is 45.8. The second-order valence-corrected chi connectivity index (χ2v) is 14.7. The maximum absolute atomic E-state index is 12.2. The number of anilines is 4. The Morgan fingerprint density at radius 1 is 0.966 bits per heavy atom. The Bertz CT molecular complexity index is 2780. The fourth-order valence-electron chi connectivity index (χ4n) is 5.45. The molecule has 0 spiro atoms. The number of para-hydroxylation sites is 2. The minimum Gasteiger partial charge on any atom is -0.744 e. The molecule has 0 saturated carbocycles. The van der Waals surface area contributed by atoms with Crippen molar-refractivity contribution in [2.24, 2.45) is 10.2 Å². The number of carboxylic acid groups (broad SMARTS) is 1. The van der Waals surface area contributed by atoms with E-state index in [0.717, 1.165) is 10.8 Å². The summed E-state index contributed by atoms with van der Waals surface area (Å²) in [7, 11) is -4.94. The summed E-state index contributed by atoms with van der Waals surface area (Å²) >= 11 is 2.00. The number of hydrogen-bond donors (Lipinski definition) is 3. The van der Waals surface area contributed by atoms with Crippen LogP contribution in [-0.2, 0) is 19.5 Å². The topological polar surface area (TPSA) is 252 Å². The molecule has 0 aliphatic heterocycles. The third kappa shape index (κ3) is 10.5. The van der Waals surface area contributed by atoms with Gasteiger partial charge >= 0.3 is 109 Å². The zero-order chi connectivity index (χ0) is 39.4. The number of benzene rings is 4. The molecule has 0 aliphatic rings. The number of azo groups is 1.